The molecule has 9 nitrogen and oxygen atoms in total. The lowest BCUT2D eigenvalue weighted by Gasteiger charge is -2.54. The Labute approximate surface area is 230 Å². The molecule has 0 aliphatic carbocycles. The first kappa shape index (κ1) is 26.6. The number of carbonyl (C=O) groups excluding carboxylic acids is 3. The maximum absolute atomic E-state index is 13.8. The average molecular weight is 552 g/mol. The number of aromatic hydroxyl groups is 1. The monoisotopic (exact) mass is 551 g/mol. The molecule has 2 aliphatic rings. The van der Waals surface area contributed by atoms with Crippen molar-refractivity contribution < 1.29 is 23.9 Å². The number of likely N-dealkylation sites (N-methyl/N-ethyl adjacent to an activating group) is 1. The minimum atomic E-state index is -0.801. The smallest absolute Gasteiger partial charge is 0.334 e. The maximum atomic E-state index is 13.8. The zero-order chi connectivity index (χ0) is 27.5. The van der Waals surface area contributed by atoms with Crippen LogP contribution in [-0.2, 0) is 29.0 Å². The number of carbonyl (C=O) groups is 3. The molecule has 2 atom stereocenters. The molecule has 2 N–H and O–H groups in total. The third-order valence-electron chi connectivity index (χ3n) is 7.08. The lowest BCUT2D eigenvalue weighted by molar-refractivity contribution is -0.186. The van der Waals surface area contributed by atoms with E-state index in [1.807, 2.05) is 17.5 Å². The third-order valence-corrected chi connectivity index (χ3v) is 8.01. The SMILES string of the molecule is CN1CC(=O)N2[C@@H](Cc3ccc(O)cc3)C(=O)N(CCc3cccs3)C[C@@H]2N1C(=O)NCc1ccc(F)cc1. The van der Waals surface area contributed by atoms with E-state index in [0.717, 1.165) is 16.0 Å². The quantitative estimate of drug-likeness (QED) is 0.471. The molecule has 2 fully saturated rings. The molecule has 0 unspecified atom stereocenters. The van der Waals surface area contributed by atoms with Crippen molar-refractivity contribution in [2.45, 2.75) is 31.6 Å². The van der Waals surface area contributed by atoms with Gasteiger partial charge in [-0.15, -0.1) is 11.3 Å². The molecule has 2 saturated heterocycles. The number of hydrogen-bond donors (Lipinski definition) is 2. The van der Waals surface area contributed by atoms with E-state index in [2.05, 4.69) is 5.32 Å². The molecule has 0 bridgehead atoms. The molecule has 3 aromatic rings. The van der Waals surface area contributed by atoms with Crippen molar-refractivity contribution >= 4 is 29.2 Å². The van der Waals surface area contributed by atoms with Gasteiger partial charge in [0.1, 0.15) is 23.8 Å². The van der Waals surface area contributed by atoms with Gasteiger partial charge in [-0.3, -0.25) is 9.59 Å². The number of thiophene rings is 1. The van der Waals surface area contributed by atoms with E-state index in [9.17, 15) is 23.9 Å². The Kier molecular flexibility index (Phi) is 7.80. The second kappa shape index (κ2) is 11.4. The summed E-state index contributed by atoms with van der Waals surface area (Å²) < 4.78 is 13.3. The first-order valence-electron chi connectivity index (χ1n) is 12.7. The normalized spacial score (nSPS) is 19.8. The van der Waals surface area contributed by atoms with Crippen molar-refractivity contribution in [1.82, 2.24) is 25.1 Å². The van der Waals surface area contributed by atoms with Crippen molar-refractivity contribution in [3.05, 3.63) is 87.9 Å². The first-order chi connectivity index (χ1) is 18.8. The summed E-state index contributed by atoms with van der Waals surface area (Å²) in [5.74, 6) is -0.645. The summed E-state index contributed by atoms with van der Waals surface area (Å²) in [4.78, 5) is 45.0. The van der Waals surface area contributed by atoms with Gasteiger partial charge in [0.25, 0.3) is 0 Å². The number of benzene rings is 2. The van der Waals surface area contributed by atoms with Gasteiger partial charge in [0.15, 0.2) is 0 Å². The number of nitrogens with zero attached hydrogens (tertiary/aromatic N) is 4. The van der Waals surface area contributed by atoms with Gasteiger partial charge in [-0.2, -0.15) is 0 Å². The number of amides is 4. The van der Waals surface area contributed by atoms with Crippen LogP contribution < -0.4 is 5.32 Å². The highest BCUT2D eigenvalue weighted by molar-refractivity contribution is 7.09. The van der Waals surface area contributed by atoms with E-state index in [1.54, 1.807) is 64.7 Å². The average Bonchev–Trinajstić information content (AvgIpc) is 3.44. The van der Waals surface area contributed by atoms with Gasteiger partial charge in [0, 0.05) is 31.4 Å². The van der Waals surface area contributed by atoms with Gasteiger partial charge in [0.2, 0.25) is 11.8 Å². The number of nitrogens with one attached hydrogen (secondary N) is 1. The Bertz CT molecular complexity index is 1320. The van der Waals surface area contributed by atoms with Gasteiger partial charge in [-0.1, -0.05) is 30.3 Å². The minimum absolute atomic E-state index is 0.0605. The molecule has 0 spiro atoms. The Morgan fingerprint density at radius 1 is 1.08 bits per heavy atom. The fraction of sp³-hybridized carbons (Fsp3) is 0.321. The van der Waals surface area contributed by atoms with Crippen LogP contribution in [0.25, 0.3) is 0 Å². The Morgan fingerprint density at radius 2 is 1.79 bits per heavy atom. The van der Waals surface area contributed by atoms with Crippen molar-refractivity contribution in [3.63, 3.8) is 0 Å². The highest BCUT2D eigenvalue weighted by atomic mass is 32.1. The van der Waals surface area contributed by atoms with Crippen LogP contribution in [0.3, 0.4) is 0 Å². The van der Waals surface area contributed by atoms with Gasteiger partial charge in [-0.25, -0.2) is 19.2 Å². The molecule has 2 aromatic carbocycles. The topological polar surface area (TPSA) is 96.4 Å². The van der Waals surface area contributed by atoms with Crippen LogP contribution in [0.1, 0.15) is 16.0 Å². The second-order valence-corrected chi connectivity index (χ2v) is 10.8. The highest BCUT2D eigenvalue weighted by Gasteiger charge is 2.50. The van der Waals surface area contributed by atoms with Crippen molar-refractivity contribution in [3.8, 4) is 5.75 Å². The maximum Gasteiger partial charge on any atom is 0.334 e. The molecule has 2 aliphatic heterocycles. The summed E-state index contributed by atoms with van der Waals surface area (Å²) >= 11 is 1.62. The number of phenols is 1. The number of piperazine rings is 1. The molecule has 0 radical (unpaired) electrons. The molecule has 1 aromatic heterocycles. The van der Waals surface area contributed by atoms with Crippen LogP contribution in [0.2, 0.25) is 0 Å². The molecular weight excluding hydrogens is 521 g/mol. The van der Waals surface area contributed by atoms with Crippen LogP contribution in [0.15, 0.2) is 66.0 Å². The Balaban J connectivity index is 1.41. The minimum Gasteiger partial charge on any atom is -0.508 e. The third kappa shape index (κ3) is 5.89. The number of rotatable bonds is 7. The molecule has 11 heteroatoms. The summed E-state index contributed by atoms with van der Waals surface area (Å²) in [6.07, 6.45) is 0.224. The van der Waals surface area contributed by atoms with Crippen LogP contribution in [-0.4, -0.2) is 81.7 Å². The molecule has 204 valence electrons. The fourth-order valence-electron chi connectivity index (χ4n) is 5.12. The Hall–Kier alpha value is -3.96. The number of halogens is 1. The number of phenolic OH excluding ortho intramolecular Hbond substituents is 1. The molecular formula is C28H30FN5O4S. The Morgan fingerprint density at radius 3 is 2.49 bits per heavy atom. The summed E-state index contributed by atoms with van der Waals surface area (Å²) in [5.41, 5.74) is 1.53. The van der Waals surface area contributed by atoms with Gasteiger partial charge in [0.05, 0.1) is 13.1 Å². The van der Waals surface area contributed by atoms with Crippen molar-refractivity contribution in [1.29, 1.82) is 0 Å². The molecule has 0 saturated carbocycles. The fourth-order valence-corrected chi connectivity index (χ4v) is 5.82. The second-order valence-electron chi connectivity index (χ2n) is 9.73. The van der Waals surface area contributed by atoms with Crippen molar-refractivity contribution in [2.75, 3.05) is 26.7 Å². The molecule has 4 amide bonds. The van der Waals surface area contributed by atoms with E-state index in [4.69, 9.17) is 0 Å². The van der Waals surface area contributed by atoms with Crippen molar-refractivity contribution in [2.24, 2.45) is 0 Å². The predicted molar refractivity (Wildman–Crippen MR) is 144 cm³/mol. The van der Waals surface area contributed by atoms with E-state index >= 15 is 0 Å². The van der Waals surface area contributed by atoms with Crippen LogP contribution in [0.5, 0.6) is 5.75 Å². The predicted octanol–water partition coefficient (Wildman–Crippen LogP) is 2.82. The zero-order valence-electron chi connectivity index (χ0n) is 21.5. The number of hydrogen-bond acceptors (Lipinski definition) is 6. The first-order valence-corrected chi connectivity index (χ1v) is 13.6. The standard InChI is InChI=1S/C28H30FN5O4S/c1-31-18-26(36)33-24(15-19-6-10-22(35)11-7-19)27(37)32(13-12-23-3-2-14-39-23)17-25(33)34(31)28(38)30-16-20-4-8-21(29)9-5-20/h2-11,14,24-25,35H,12-13,15-18H2,1H3,(H,30,38)/t24-,25-/m0/s1. The number of urea groups is 1. The van der Waals surface area contributed by atoms with Gasteiger partial charge >= 0.3 is 6.03 Å². The summed E-state index contributed by atoms with van der Waals surface area (Å²) in [6.45, 7) is 0.756. The summed E-state index contributed by atoms with van der Waals surface area (Å²) in [5, 5.41) is 17.6. The van der Waals surface area contributed by atoms with Gasteiger partial charge in [-0.05, 0) is 53.3 Å². The van der Waals surface area contributed by atoms with Crippen LogP contribution >= 0.6 is 11.3 Å². The van der Waals surface area contributed by atoms with E-state index < -0.39 is 18.2 Å². The highest BCUT2D eigenvalue weighted by Crippen LogP contribution is 2.28. The summed E-state index contributed by atoms with van der Waals surface area (Å²) in [7, 11) is 1.67. The van der Waals surface area contributed by atoms with E-state index in [0.29, 0.717) is 13.0 Å². The van der Waals surface area contributed by atoms with Gasteiger partial charge < -0.3 is 20.2 Å². The number of hydrazine groups is 1. The lowest BCUT2D eigenvalue weighted by atomic mass is 9.98. The van der Waals surface area contributed by atoms with E-state index in [1.165, 1.54) is 22.0 Å². The number of fused-ring (bicyclic) bond motifs is 1. The molecule has 39 heavy (non-hydrogen) atoms. The largest absolute Gasteiger partial charge is 0.508 e. The zero-order valence-corrected chi connectivity index (χ0v) is 22.3. The summed E-state index contributed by atoms with van der Waals surface area (Å²) in [6, 6.07) is 15.2. The molecule has 3 heterocycles. The van der Waals surface area contributed by atoms with Crippen LogP contribution in [0, 0.1) is 5.82 Å². The van der Waals surface area contributed by atoms with E-state index in [-0.39, 0.29) is 49.4 Å². The molecule has 5 rings (SSSR count). The lowest BCUT2D eigenvalue weighted by Crippen LogP contribution is -2.76. The van der Waals surface area contributed by atoms with Crippen LogP contribution in [0.4, 0.5) is 9.18 Å².